The van der Waals surface area contributed by atoms with Gasteiger partial charge in [0.15, 0.2) is 0 Å². The summed E-state index contributed by atoms with van der Waals surface area (Å²) in [5.74, 6) is -1.44. The summed E-state index contributed by atoms with van der Waals surface area (Å²) in [7, 11) is -2.42. The number of anilines is 2. The largest absolute Gasteiger partial charge is 0.778 e. The van der Waals surface area contributed by atoms with Crippen molar-refractivity contribution in [3.05, 3.63) is 110 Å². The number of pyridine rings is 2. The van der Waals surface area contributed by atoms with E-state index < -0.39 is 47.2 Å². The van der Waals surface area contributed by atoms with Gasteiger partial charge < -0.3 is 35.1 Å². The van der Waals surface area contributed by atoms with E-state index in [2.05, 4.69) is 9.12 Å². The number of aryl methyl sites for hydroxylation is 2. The fourth-order valence-electron chi connectivity index (χ4n) is 4.46. The summed E-state index contributed by atoms with van der Waals surface area (Å²) < 4.78 is 64.4. The minimum Gasteiger partial charge on any atom is -0.778 e. The predicted molar refractivity (Wildman–Crippen MR) is 196 cm³/mol. The van der Waals surface area contributed by atoms with Gasteiger partial charge in [-0.2, -0.15) is 40.5 Å². The van der Waals surface area contributed by atoms with Crippen molar-refractivity contribution in [1.82, 2.24) is 4.72 Å². The van der Waals surface area contributed by atoms with Gasteiger partial charge in [0.2, 0.25) is 0 Å². The van der Waals surface area contributed by atoms with Gasteiger partial charge in [0, 0.05) is 73.9 Å². The highest BCUT2D eigenvalue weighted by Gasteiger charge is 2.45. The van der Waals surface area contributed by atoms with Crippen molar-refractivity contribution >= 4 is 91.5 Å². The molecule has 0 unspecified atom stereocenters. The van der Waals surface area contributed by atoms with Crippen LogP contribution in [0.4, 0.5) is 11.4 Å². The van der Waals surface area contributed by atoms with Gasteiger partial charge in [0.25, 0.3) is 0 Å². The summed E-state index contributed by atoms with van der Waals surface area (Å²) >= 11 is 22.9. The Morgan fingerprint density at radius 2 is 1.20 bits per heavy atom. The third-order valence-corrected chi connectivity index (χ3v) is 11.7. The minimum atomic E-state index is -4.80. The molecule has 0 spiro atoms. The number of hydrogen-bond acceptors (Lipinski definition) is 10. The van der Waals surface area contributed by atoms with E-state index in [0.29, 0.717) is 22.5 Å². The molecule has 13 nitrogen and oxygen atoms in total. The van der Waals surface area contributed by atoms with E-state index in [1.165, 1.54) is 49.1 Å². The summed E-state index contributed by atoms with van der Waals surface area (Å²) in [4.78, 5) is 14.6. The average molecular weight is 797 g/mol. The molecule has 0 radical (unpaired) electrons. The van der Waals surface area contributed by atoms with Crippen LogP contribution < -0.4 is 23.7 Å². The Hall–Kier alpha value is -4.13. The van der Waals surface area contributed by atoms with Gasteiger partial charge in [-0.3, -0.25) is 10.1 Å². The van der Waals surface area contributed by atoms with Crippen molar-refractivity contribution in [2.24, 2.45) is 4.40 Å². The van der Waals surface area contributed by atoms with Crippen LogP contribution in [-0.2, 0) is 45.3 Å². The molecule has 2 aromatic carbocycles. The van der Waals surface area contributed by atoms with E-state index in [1.807, 2.05) is 0 Å². The maximum absolute atomic E-state index is 14.0. The maximum atomic E-state index is 14.0. The van der Waals surface area contributed by atoms with Crippen molar-refractivity contribution in [3.63, 3.8) is 0 Å². The molecule has 1 N–H and O–H groups in total. The number of nitrogens with zero attached hydrogens (tertiary/aromatic N) is 6. The molecule has 0 aliphatic heterocycles. The number of hydrogen-bond donors (Lipinski definition) is 1. The van der Waals surface area contributed by atoms with E-state index in [-0.39, 0.29) is 24.7 Å². The number of sulfonamides is 2. The molecular formula is C31H31Cl2N7O6S4. The Balaban J connectivity index is 2.15. The molecule has 4 rings (SSSR count). The van der Waals surface area contributed by atoms with E-state index >= 15 is 0 Å². The van der Waals surface area contributed by atoms with Crippen LogP contribution in [0.15, 0.2) is 103 Å². The summed E-state index contributed by atoms with van der Waals surface area (Å²) in [6, 6.07) is 11.3. The molecule has 0 saturated heterocycles. The van der Waals surface area contributed by atoms with Crippen LogP contribution in [0.1, 0.15) is 11.1 Å². The van der Waals surface area contributed by atoms with Crippen LogP contribution in [0.2, 0.25) is 10.0 Å². The number of halogens is 2. The normalized spacial score (nSPS) is 12.7. The molecule has 0 saturated carbocycles. The molecule has 0 amide bonds. The first-order valence-corrected chi connectivity index (χ1v) is 18.8. The van der Waals surface area contributed by atoms with Crippen molar-refractivity contribution in [2.75, 3.05) is 38.0 Å². The lowest BCUT2D eigenvalue weighted by Crippen LogP contribution is -2.51. The number of rotatable bonds is 10. The minimum absolute atomic E-state index is 0.149. The zero-order valence-corrected chi connectivity index (χ0v) is 32.2. The molecule has 0 fully saturated rings. The average Bonchev–Trinajstić information content (AvgIpc) is 3.03. The summed E-state index contributed by atoms with van der Waals surface area (Å²) in [5.41, 5.74) is 1.06. The summed E-state index contributed by atoms with van der Waals surface area (Å²) in [6.07, 6.45) is 5.44. The van der Waals surface area contributed by atoms with Gasteiger partial charge in [-0.1, -0.05) is 35.3 Å². The van der Waals surface area contributed by atoms with E-state index in [1.54, 1.807) is 76.1 Å². The van der Waals surface area contributed by atoms with Crippen molar-refractivity contribution in [1.29, 1.82) is 0 Å². The fourth-order valence-corrected chi connectivity index (χ4v) is 8.29. The number of allylic oxidation sites excluding steroid dienone is 1. The third-order valence-electron chi connectivity index (χ3n) is 7.23. The molecule has 0 aliphatic carbocycles. The summed E-state index contributed by atoms with van der Waals surface area (Å²) in [5, 5.41) is 13.6. The Bertz CT molecular complexity index is 2260. The number of nitrogens with one attached hydrogen (secondary N) is 1. The van der Waals surface area contributed by atoms with Crippen LogP contribution in [0.5, 0.6) is 0 Å². The summed E-state index contributed by atoms with van der Waals surface area (Å²) in [6.45, 7) is 3.13. The van der Waals surface area contributed by atoms with Crippen LogP contribution in [0.25, 0.3) is 5.82 Å². The molecule has 50 heavy (non-hydrogen) atoms. The van der Waals surface area contributed by atoms with Crippen LogP contribution in [0.3, 0.4) is 0 Å². The maximum Gasteiger partial charge on any atom is 0.452 e. The van der Waals surface area contributed by atoms with Crippen molar-refractivity contribution in [3.8, 4) is 0 Å². The smallest absolute Gasteiger partial charge is 0.452 e. The Morgan fingerprint density at radius 1 is 0.780 bits per heavy atom. The SMILES string of the molecule is Cc1cc(S(=O)(=O)/N=C(/C(=C(\NS(=O)(=O)c2cc(C)c(Cl)cc2[S-])[n+]2ccc(N(C)C)cc2)[N+](=O)[O-])[n+]2ccc(N(C)C)cc2)c([S-])cc1Cl. The second-order valence-corrected chi connectivity index (χ2v) is 16.2. The molecule has 2 heterocycles. The van der Waals surface area contributed by atoms with Crippen LogP contribution in [-0.4, -0.2) is 55.8 Å². The highest BCUT2D eigenvalue weighted by molar-refractivity contribution is 7.90. The topological polar surface area (TPSA) is 150 Å². The first-order chi connectivity index (χ1) is 23.2. The van der Waals surface area contributed by atoms with Gasteiger partial charge >= 0.3 is 37.4 Å². The molecule has 0 aliphatic rings. The molecular weight excluding hydrogens is 766 g/mol. The zero-order valence-electron chi connectivity index (χ0n) is 27.4. The van der Waals surface area contributed by atoms with Gasteiger partial charge in [-0.05, 0) is 37.1 Å². The van der Waals surface area contributed by atoms with Crippen LogP contribution in [0, 0.1) is 24.0 Å². The lowest BCUT2D eigenvalue weighted by atomic mass is 10.2. The van der Waals surface area contributed by atoms with Gasteiger partial charge in [-0.15, -0.1) is 0 Å². The molecule has 4 aromatic rings. The standard InChI is InChI=1S/C31H31Cl2N7O6S4/c1-19-15-27(25(47)17-23(19)32)49(43,44)34-30(38-11-7-21(8-12-38)36(3)4)29(40(41)42)31(39-13-9-22(10-14-39)37(5)6)35-50(45,46)28-16-20(2)24(33)18-26(28)48/h7-18H,1-6H3,(H-2,34,35,47,48). The second kappa shape index (κ2) is 15.0. The highest BCUT2D eigenvalue weighted by Crippen LogP contribution is 2.28. The first kappa shape index (κ1) is 38.7. The second-order valence-electron chi connectivity index (χ2n) is 11.3. The molecule has 0 bridgehead atoms. The predicted octanol–water partition coefficient (Wildman–Crippen LogP) is 3.85. The van der Waals surface area contributed by atoms with Gasteiger partial charge in [-0.25, -0.2) is 0 Å². The Morgan fingerprint density at radius 3 is 1.64 bits per heavy atom. The number of aromatic nitrogens is 2. The van der Waals surface area contributed by atoms with Gasteiger partial charge in [0.1, 0.15) is 0 Å². The van der Waals surface area contributed by atoms with E-state index in [4.69, 9.17) is 48.5 Å². The quantitative estimate of drug-likeness (QED) is 0.0627. The van der Waals surface area contributed by atoms with Gasteiger partial charge in [0.05, 0.1) is 43.9 Å². The lowest BCUT2D eigenvalue weighted by Gasteiger charge is -2.16. The molecule has 0 atom stereocenters. The lowest BCUT2D eigenvalue weighted by molar-refractivity contribution is -0.596. The van der Waals surface area contributed by atoms with Crippen molar-refractivity contribution in [2.45, 2.75) is 33.4 Å². The molecule has 2 aromatic heterocycles. The monoisotopic (exact) mass is 795 g/mol. The van der Waals surface area contributed by atoms with Crippen molar-refractivity contribution < 1.29 is 30.9 Å². The third kappa shape index (κ3) is 8.42. The Labute approximate surface area is 311 Å². The number of nitro groups is 1. The molecule has 19 heteroatoms. The van der Waals surface area contributed by atoms with Crippen LogP contribution >= 0.6 is 23.2 Å². The van der Waals surface area contributed by atoms with E-state index in [9.17, 15) is 26.9 Å². The fraction of sp³-hybridized carbons (Fsp3) is 0.194. The molecule has 264 valence electrons. The Kier molecular flexibility index (Phi) is 11.6. The highest BCUT2D eigenvalue weighted by atomic mass is 35.5. The number of benzene rings is 2. The first-order valence-electron chi connectivity index (χ1n) is 14.3. The van der Waals surface area contributed by atoms with E-state index in [0.717, 1.165) is 9.13 Å². The zero-order chi connectivity index (χ0) is 37.3.